The van der Waals surface area contributed by atoms with E-state index in [1.54, 1.807) is 6.92 Å². The average molecular weight is 237 g/mol. The van der Waals surface area contributed by atoms with Gasteiger partial charge in [-0.1, -0.05) is 22.9 Å². The Labute approximate surface area is 78.4 Å². The van der Waals surface area contributed by atoms with Crippen molar-refractivity contribution in [3.63, 3.8) is 0 Å². The van der Waals surface area contributed by atoms with Crippen molar-refractivity contribution in [2.75, 3.05) is 5.33 Å². The highest BCUT2D eigenvalue weighted by Gasteiger charge is 2.17. The zero-order chi connectivity index (χ0) is 9.56. The number of hydrogen-bond acceptors (Lipinski definition) is 4. The molecule has 4 nitrogen and oxygen atoms in total. The van der Waals surface area contributed by atoms with Gasteiger partial charge in [-0.15, -0.1) is 0 Å². The van der Waals surface area contributed by atoms with Crippen LogP contribution in [-0.2, 0) is 19.1 Å². The lowest BCUT2D eigenvalue weighted by Crippen LogP contribution is -2.21. The number of ketones is 1. The van der Waals surface area contributed by atoms with Gasteiger partial charge in [0, 0.05) is 6.42 Å². The number of esters is 2. The summed E-state index contributed by atoms with van der Waals surface area (Å²) in [5.41, 5.74) is 0. The summed E-state index contributed by atoms with van der Waals surface area (Å²) < 4.78 is 4.14. The fraction of sp³-hybridized carbons (Fsp3) is 0.571. The van der Waals surface area contributed by atoms with E-state index in [1.807, 2.05) is 0 Å². The minimum atomic E-state index is -1.07. The lowest BCUT2D eigenvalue weighted by atomic mass is 10.2. The summed E-state index contributed by atoms with van der Waals surface area (Å²) in [6, 6.07) is 0. The quantitative estimate of drug-likeness (QED) is 0.314. The van der Waals surface area contributed by atoms with Crippen molar-refractivity contribution in [2.24, 2.45) is 0 Å². The van der Waals surface area contributed by atoms with Crippen LogP contribution < -0.4 is 0 Å². The molecule has 0 aliphatic heterocycles. The van der Waals surface area contributed by atoms with Gasteiger partial charge < -0.3 is 4.74 Å². The number of ether oxygens (including phenoxy) is 1. The highest BCUT2D eigenvalue weighted by molar-refractivity contribution is 9.09. The Balaban J connectivity index is 3.87. The van der Waals surface area contributed by atoms with Crippen LogP contribution in [0.3, 0.4) is 0 Å². The molecule has 0 radical (unpaired) electrons. The van der Waals surface area contributed by atoms with Crippen LogP contribution in [0.2, 0.25) is 0 Å². The number of halogens is 1. The molecule has 0 saturated heterocycles. The van der Waals surface area contributed by atoms with Crippen molar-refractivity contribution in [2.45, 2.75) is 19.8 Å². The molecule has 0 bridgehead atoms. The number of hydrogen-bond donors (Lipinski definition) is 0. The molecule has 0 aliphatic rings. The molecule has 5 heteroatoms. The van der Waals surface area contributed by atoms with Crippen molar-refractivity contribution < 1.29 is 19.1 Å². The number of alkyl halides is 1. The molecule has 0 aliphatic carbocycles. The molecule has 0 spiro atoms. The first-order chi connectivity index (χ1) is 5.61. The van der Waals surface area contributed by atoms with E-state index in [2.05, 4.69) is 20.7 Å². The topological polar surface area (TPSA) is 60.4 Å². The zero-order valence-electron chi connectivity index (χ0n) is 6.63. The van der Waals surface area contributed by atoms with Crippen LogP contribution in [0.25, 0.3) is 0 Å². The number of rotatable bonds is 4. The summed E-state index contributed by atoms with van der Waals surface area (Å²) in [5.74, 6) is -2.47. The first-order valence-corrected chi connectivity index (χ1v) is 4.57. The molecule has 0 aromatic heterocycles. The minimum Gasteiger partial charge on any atom is -0.387 e. The second-order valence-electron chi connectivity index (χ2n) is 2.07. The maximum atomic E-state index is 10.8. The molecule has 0 aromatic carbocycles. The van der Waals surface area contributed by atoms with E-state index in [1.165, 1.54) is 0 Å². The first kappa shape index (κ1) is 11.3. The molecule has 0 rings (SSSR count). The van der Waals surface area contributed by atoms with Crippen molar-refractivity contribution in [1.82, 2.24) is 0 Å². The highest BCUT2D eigenvalue weighted by atomic mass is 79.9. The molecular weight excluding hydrogens is 228 g/mol. The van der Waals surface area contributed by atoms with E-state index in [-0.39, 0.29) is 11.8 Å². The van der Waals surface area contributed by atoms with Gasteiger partial charge in [0.25, 0.3) is 0 Å². The van der Waals surface area contributed by atoms with Gasteiger partial charge in [0.15, 0.2) is 0 Å². The van der Waals surface area contributed by atoms with E-state index in [4.69, 9.17) is 0 Å². The van der Waals surface area contributed by atoms with Crippen LogP contribution in [0.4, 0.5) is 0 Å². The van der Waals surface area contributed by atoms with Crippen molar-refractivity contribution in [3.05, 3.63) is 0 Å². The summed E-state index contributed by atoms with van der Waals surface area (Å²) in [6.45, 7) is 1.76. The fourth-order valence-electron chi connectivity index (χ4n) is 0.517. The van der Waals surface area contributed by atoms with Crippen molar-refractivity contribution in [3.8, 4) is 0 Å². The Hall–Kier alpha value is -0.710. The molecule has 0 aromatic rings. The predicted octanol–water partition coefficient (Wildman–Crippen LogP) is 0.820. The highest BCUT2D eigenvalue weighted by Crippen LogP contribution is 1.94. The molecular formula is C7H9BrO4. The summed E-state index contributed by atoms with van der Waals surface area (Å²) in [4.78, 5) is 31.9. The van der Waals surface area contributed by atoms with Crippen molar-refractivity contribution in [1.29, 1.82) is 0 Å². The van der Waals surface area contributed by atoms with E-state index in [0.29, 0.717) is 6.42 Å². The Morgan fingerprint density at radius 1 is 1.33 bits per heavy atom. The first-order valence-electron chi connectivity index (χ1n) is 3.45. The molecule has 0 fully saturated rings. The zero-order valence-corrected chi connectivity index (χ0v) is 8.22. The van der Waals surface area contributed by atoms with E-state index < -0.39 is 17.7 Å². The van der Waals surface area contributed by atoms with Gasteiger partial charge in [0.2, 0.25) is 5.78 Å². The minimum absolute atomic E-state index is 0.0852. The lowest BCUT2D eigenvalue weighted by Gasteiger charge is -1.97. The molecule has 68 valence electrons. The number of carbonyl (C=O) groups excluding carboxylic acids is 3. The molecule has 0 saturated carbocycles. The summed E-state index contributed by atoms with van der Waals surface area (Å²) in [6.07, 6.45) is 0.685. The van der Waals surface area contributed by atoms with Crippen LogP contribution in [-0.4, -0.2) is 23.1 Å². The van der Waals surface area contributed by atoms with Gasteiger partial charge >= 0.3 is 11.9 Å². The van der Waals surface area contributed by atoms with Gasteiger partial charge in [-0.05, 0) is 6.42 Å². The average Bonchev–Trinajstić information content (AvgIpc) is 2.04. The number of Topliss-reactive ketones (excluding diaryl/α,β-unsaturated/α-hetero) is 1. The monoisotopic (exact) mass is 236 g/mol. The maximum Gasteiger partial charge on any atom is 0.382 e. The predicted molar refractivity (Wildman–Crippen MR) is 44.8 cm³/mol. The van der Waals surface area contributed by atoms with Crippen LogP contribution in [0, 0.1) is 0 Å². The van der Waals surface area contributed by atoms with Crippen LogP contribution in [0.5, 0.6) is 0 Å². The Kier molecular flexibility index (Phi) is 5.53. The van der Waals surface area contributed by atoms with Crippen LogP contribution >= 0.6 is 15.9 Å². The molecule has 0 heterocycles. The van der Waals surface area contributed by atoms with Gasteiger partial charge in [-0.25, -0.2) is 4.79 Å². The second kappa shape index (κ2) is 5.88. The third kappa shape index (κ3) is 4.23. The maximum absolute atomic E-state index is 10.8. The standard InChI is InChI=1S/C7H9BrO4/c1-2-3-5(9)7(11)12-6(10)4-8/h2-4H2,1H3. The van der Waals surface area contributed by atoms with Crippen LogP contribution in [0.15, 0.2) is 0 Å². The van der Waals surface area contributed by atoms with Gasteiger partial charge in [0.05, 0.1) is 0 Å². The fourth-order valence-corrected chi connectivity index (χ4v) is 0.631. The normalized spacial score (nSPS) is 9.17. The summed E-state index contributed by atoms with van der Waals surface area (Å²) in [5, 5.41) is -0.0852. The Morgan fingerprint density at radius 2 is 1.92 bits per heavy atom. The van der Waals surface area contributed by atoms with E-state index in [0.717, 1.165) is 0 Å². The largest absolute Gasteiger partial charge is 0.387 e. The molecule has 0 unspecified atom stereocenters. The van der Waals surface area contributed by atoms with Gasteiger partial charge in [-0.3, -0.25) is 9.59 Å². The smallest absolute Gasteiger partial charge is 0.382 e. The molecule has 0 atom stereocenters. The Bertz CT molecular complexity index is 200. The third-order valence-corrected chi connectivity index (χ3v) is 1.48. The van der Waals surface area contributed by atoms with E-state index >= 15 is 0 Å². The third-order valence-electron chi connectivity index (χ3n) is 1.02. The second-order valence-corrected chi connectivity index (χ2v) is 2.63. The molecule has 0 N–H and O–H groups in total. The summed E-state index contributed by atoms with van der Waals surface area (Å²) in [7, 11) is 0. The van der Waals surface area contributed by atoms with E-state index in [9.17, 15) is 14.4 Å². The van der Waals surface area contributed by atoms with Crippen molar-refractivity contribution >= 4 is 33.7 Å². The Morgan fingerprint density at radius 3 is 2.33 bits per heavy atom. The molecule has 12 heavy (non-hydrogen) atoms. The number of carbonyl (C=O) groups is 3. The summed E-state index contributed by atoms with van der Waals surface area (Å²) >= 11 is 2.79. The van der Waals surface area contributed by atoms with Gasteiger partial charge in [0.1, 0.15) is 5.33 Å². The van der Waals surface area contributed by atoms with Gasteiger partial charge in [-0.2, -0.15) is 0 Å². The van der Waals surface area contributed by atoms with Crippen LogP contribution in [0.1, 0.15) is 19.8 Å². The molecule has 0 amide bonds. The lowest BCUT2D eigenvalue weighted by molar-refractivity contribution is -0.162. The SMILES string of the molecule is CCCC(=O)C(=O)OC(=O)CBr.